The molecule has 0 spiro atoms. The van der Waals surface area contributed by atoms with Crippen LogP contribution in [0.3, 0.4) is 0 Å². The van der Waals surface area contributed by atoms with E-state index in [9.17, 15) is 0 Å². The predicted octanol–water partition coefficient (Wildman–Crippen LogP) is 19.2. The van der Waals surface area contributed by atoms with Crippen LogP contribution in [0.4, 0.5) is 45.5 Å². The third-order valence-electron chi connectivity index (χ3n) is 23.5. The molecule has 1 fully saturated rings. The molecule has 0 radical (unpaired) electrons. The lowest BCUT2D eigenvalue weighted by atomic mass is 9.33. The molecular weight excluding hydrogens is 978 g/mol. The Hall–Kier alpha value is -6.00. The van der Waals surface area contributed by atoms with Gasteiger partial charge in [0, 0.05) is 50.8 Å². The van der Waals surface area contributed by atoms with Crippen LogP contribution in [0, 0.1) is 20.8 Å². The van der Waals surface area contributed by atoms with Crippen molar-refractivity contribution in [1.82, 2.24) is 0 Å². The molecule has 7 aromatic rings. The van der Waals surface area contributed by atoms with Crippen LogP contribution in [0.15, 0.2) is 115 Å². The van der Waals surface area contributed by atoms with Gasteiger partial charge in [-0.05, 0) is 238 Å². The molecule has 4 aliphatic carbocycles. The molecule has 3 aliphatic heterocycles. The Labute approximate surface area is 488 Å². The monoisotopic (exact) mass is 1070 g/mol. The van der Waals surface area contributed by atoms with Crippen LogP contribution in [-0.4, -0.2) is 12.3 Å². The quantitative estimate of drug-likeness (QED) is 0.159. The van der Waals surface area contributed by atoms with Crippen LogP contribution in [0.25, 0.3) is 11.1 Å². The summed E-state index contributed by atoms with van der Waals surface area (Å²) >= 11 is 0. The molecule has 1 saturated carbocycles. The van der Waals surface area contributed by atoms with E-state index in [0.717, 1.165) is 6.42 Å². The molecule has 81 heavy (non-hydrogen) atoms. The number of aryl methyl sites for hydroxylation is 3. The standard InChI is InChI=1S/C77H90BN3/c1-47-38-66-68-67(39-47)81-69-53(76(16)30-21-22-31-77(76,81)17)26-23-27-61(69)78(68)60-29-28-51(42-65(60)80(66)64-46-59-56(72(8,9)34-37-75(59,14)15)43-52(64)50-24-19-18-20-25-50)79(62-44-57-54(40-48(62)2)70(4,5)32-35-73(57,10)11)63-45-58-55(41-49(63)3)71(6,7)33-36-74(58,12)13/h18-20,23-29,38-46H,21-22,30-37H2,1-17H3. The van der Waals surface area contributed by atoms with E-state index in [1.54, 1.807) is 5.56 Å². The topological polar surface area (TPSA) is 9.72 Å². The van der Waals surface area contributed by atoms with Gasteiger partial charge < -0.3 is 14.7 Å². The summed E-state index contributed by atoms with van der Waals surface area (Å²) in [6, 6.07) is 47.6. The minimum atomic E-state index is -0.0463. The second kappa shape index (κ2) is 17.1. The first-order valence-electron chi connectivity index (χ1n) is 31.5. The van der Waals surface area contributed by atoms with Gasteiger partial charge in [-0.15, -0.1) is 0 Å². The Balaban J connectivity index is 1.11. The smallest absolute Gasteiger partial charge is 0.252 e. The fourth-order valence-corrected chi connectivity index (χ4v) is 17.7. The lowest BCUT2D eigenvalue weighted by Gasteiger charge is -2.53. The van der Waals surface area contributed by atoms with Crippen molar-refractivity contribution in [2.75, 3.05) is 14.7 Å². The van der Waals surface area contributed by atoms with Gasteiger partial charge in [0.2, 0.25) is 0 Å². The maximum absolute atomic E-state index is 2.90. The zero-order valence-corrected chi connectivity index (χ0v) is 52.5. The largest absolute Gasteiger partial charge is 0.335 e. The van der Waals surface area contributed by atoms with Gasteiger partial charge in [-0.3, -0.25) is 0 Å². The summed E-state index contributed by atoms with van der Waals surface area (Å²) in [6.07, 6.45) is 12.0. The van der Waals surface area contributed by atoms with Crippen molar-refractivity contribution < 1.29 is 0 Å². The van der Waals surface area contributed by atoms with Gasteiger partial charge in [0.15, 0.2) is 0 Å². The maximum atomic E-state index is 2.90. The van der Waals surface area contributed by atoms with Gasteiger partial charge in [-0.2, -0.15) is 0 Å². The van der Waals surface area contributed by atoms with Crippen molar-refractivity contribution in [3.05, 3.63) is 171 Å². The third-order valence-corrected chi connectivity index (χ3v) is 23.5. The fraction of sp³-hybridized carbons (Fsp3) is 0.455. The molecule has 2 atom stereocenters. The van der Waals surface area contributed by atoms with Crippen molar-refractivity contribution >= 4 is 68.6 Å². The van der Waals surface area contributed by atoms with Crippen LogP contribution < -0.4 is 31.1 Å². The van der Waals surface area contributed by atoms with E-state index in [2.05, 4.69) is 248 Å². The normalized spacial score (nSPS) is 24.0. The predicted molar refractivity (Wildman–Crippen MR) is 349 cm³/mol. The Morgan fingerprint density at radius 3 is 1.48 bits per heavy atom. The minimum Gasteiger partial charge on any atom is -0.335 e. The van der Waals surface area contributed by atoms with Crippen molar-refractivity contribution in [3.63, 3.8) is 0 Å². The highest BCUT2D eigenvalue weighted by atomic mass is 15.3. The Morgan fingerprint density at radius 1 is 0.407 bits per heavy atom. The average Bonchev–Trinajstić information content (AvgIpc) is 2.72. The second-order valence-electron chi connectivity index (χ2n) is 31.4. The van der Waals surface area contributed by atoms with Crippen LogP contribution in [0.2, 0.25) is 0 Å². The number of rotatable bonds is 5. The third kappa shape index (κ3) is 7.38. The molecule has 416 valence electrons. The van der Waals surface area contributed by atoms with Crippen LogP contribution in [0.5, 0.6) is 0 Å². The molecule has 14 rings (SSSR count). The summed E-state index contributed by atoms with van der Waals surface area (Å²) in [6.45, 7) is 42.4. The Morgan fingerprint density at radius 2 is 0.914 bits per heavy atom. The second-order valence-corrected chi connectivity index (χ2v) is 31.4. The number of hydrogen-bond donors (Lipinski definition) is 0. The molecule has 4 heteroatoms. The van der Waals surface area contributed by atoms with Crippen molar-refractivity contribution in [2.45, 2.75) is 225 Å². The van der Waals surface area contributed by atoms with Crippen LogP contribution in [0.1, 0.15) is 217 Å². The summed E-state index contributed by atoms with van der Waals surface area (Å²) in [5.74, 6) is 0. The van der Waals surface area contributed by atoms with Gasteiger partial charge in [-0.1, -0.05) is 170 Å². The zero-order valence-electron chi connectivity index (χ0n) is 52.5. The lowest BCUT2D eigenvalue weighted by Crippen LogP contribution is -2.64. The number of benzene rings is 7. The molecule has 2 unspecified atom stereocenters. The number of hydrogen-bond acceptors (Lipinski definition) is 3. The van der Waals surface area contributed by atoms with Crippen LogP contribution >= 0.6 is 0 Å². The minimum absolute atomic E-state index is 0.00418. The average molecular weight is 1070 g/mol. The summed E-state index contributed by atoms with van der Waals surface area (Å²) < 4.78 is 0. The first kappa shape index (κ1) is 53.0. The molecule has 0 N–H and O–H groups in total. The van der Waals surface area contributed by atoms with Crippen molar-refractivity contribution in [3.8, 4) is 11.1 Å². The first-order chi connectivity index (χ1) is 38.1. The molecule has 3 heterocycles. The molecule has 7 aliphatic rings. The van der Waals surface area contributed by atoms with Crippen molar-refractivity contribution in [1.29, 1.82) is 0 Å². The first-order valence-corrected chi connectivity index (χ1v) is 31.5. The van der Waals surface area contributed by atoms with Gasteiger partial charge in [-0.25, -0.2) is 0 Å². The highest BCUT2D eigenvalue weighted by Crippen LogP contribution is 2.63. The Bertz CT molecular complexity index is 3740. The van der Waals surface area contributed by atoms with Gasteiger partial charge >= 0.3 is 0 Å². The van der Waals surface area contributed by atoms with E-state index in [1.165, 1.54) is 181 Å². The molecule has 0 saturated heterocycles. The Kier molecular flexibility index (Phi) is 11.2. The molecule has 0 amide bonds. The van der Waals surface area contributed by atoms with Crippen molar-refractivity contribution in [2.24, 2.45) is 0 Å². The van der Waals surface area contributed by atoms with E-state index in [0.29, 0.717) is 0 Å². The lowest BCUT2D eigenvalue weighted by molar-refractivity contribution is 0.195. The number of anilines is 8. The fourth-order valence-electron chi connectivity index (χ4n) is 17.7. The maximum Gasteiger partial charge on any atom is 0.252 e. The molecule has 0 aromatic heterocycles. The highest BCUT2D eigenvalue weighted by Gasteiger charge is 2.61. The van der Waals surface area contributed by atoms with Gasteiger partial charge in [0.1, 0.15) is 0 Å². The molecule has 0 bridgehead atoms. The van der Waals surface area contributed by atoms with E-state index >= 15 is 0 Å². The van der Waals surface area contributed by atoms with Crippen LogP contribution in [-0.2, 0) is 37.9 Å². The molecular formula is C77H90BN3. The summed E-state index contributed by atoms with van der Waals surface area (Å²) in [7, 11) is 0. The van der Waals surface area contributed by atoms with E-state index in [1.807, 2.05) is 0 Å². The SMILES string of the molecule is Cc1cc2c3c(c1)N1c4c(cccc4C4(C)CCCCC14C)B3c1ccc(N(c3cc4c(cc3C)C(C)(C)CCC4(C)C)c3cc4c(cc3C)C(C)(C)CCC4(C)C)cc1N2c1cc2c(cc1-c1ccccc1)C(C)(C)CCC2(C)C. The number of para-hydroxylation sites is 1. The van der Waals surface area contributed by atoms with Gasteiger partial charge in [0.05, 0.1) is 11.2 Å². The summed E-state index contributed by atoms with van der Waals surface area (Å²) in [5, 5.41) is 0. The highest BCUT2D eigenvalue weighted by molar-refractivity contribution is 7.00. The summed E-state index contributed by atoms with van der Waals surface area (Å²) in [4.78, 5) is 8.42. The molecule has 3 nitrogen and oxygen atoms in total. The van der Waals surface area contributed by atoms with E-state index < -0.39 is 0 Å². The number of fused-ring (bicyclic) bond motifs is 10. The molecule has 7 aromatic carbocycles. The van der Waals surface area contributed by atoms with Gasteiger partial charge in [0.25, 0.3) is 6.71 Å². The van der Waals surface area contributed by atoms with E-state index in [-0.39, 0.29) is 50.2 Å². The number of nitrogens with zero attached hydrogens (tertiary/aromatic N) is 3. The summed E-state index contributed by atoms with van der Waals surface area (Å²) in [5.41, 5.74) is 32.3. The van der Waals surface area contributed by atoms with E-state index in [4.69, 9.17) is 0 Å². The zero-order chi connectivity index (χ0) is 57.1.